The van der Waals surface area contributed by atoms with Crippen LogP contribution in [-0.4, -0.2) is 63.5 Å². The molecule has 2 amide bonds. The van der Waals surface area contributed by atoms with Gasteiger partial charge in [-0.1, -0.05) is 30.3 Å². The first-order chi connectivity index (χ1) is 14.1. The third-order valence-electron chi connectivity index (χ3n) is 5.19. The lowest BCUT2D eigenvalue weighted by molar-refractivity contribution is -0.129. The molecule has 150 valence electrons. The van der Waals surface area contributed by atoms with Crippen LogP contribution in [0.1, 0.15) is 28.4 Å². The van der Waals surface area contributed by atoms with E-state index in [1.165, 1.54) is 0 Å². The van der Waals surface area contributed by atoms with Gasteiger partial charge in [0.05, 0.1) is 22.0 Å². The van der Waals surface area contributed by atoms with Gasteiger partial charge in [-0.3, -0.25) is 9.59 Å². The van der Waals surface area contributed by atoms with Crippen LogP contribution in [0.5, 0.6) is 0 Å². The van der Waals surface area contributed by atoms with Gasteiger partial charge in [0, 0.05) is 31.7 Å². The lowest BCUT2D eigenvalue weighted by atomic mass is 10.2. The summed E-state index contributed by atoms with van der Waals surface area (Å²) in [6.45, 7) is 4.37. The Balaban J connectivity index is 1.27. The fourth-order valence-electron chi connectivity index (χ4n) is 3.45. The molecule has 0 bridgehead atoms. The number of H-pyrrole nitrogens is 1. The Labute approximate surface area is 174 Å². The maximum absolute atomic E-state index is 12.6. The fraction of sp³-hybridized carbons (Fsp3) is 0.318. The molecule has 0 aliphatic carbocycles. The van der Waals surface area contributed by atoms with E-state index in [-0.39, 0.29) is 17.1 Å². The molecule has 1 N–H and O–H groups in total. The van der Waals surface area contributed by atoms with Gasteiger partial charge in [-0.05, 0) is 31.2 Å². The van der Waals surface area contributed by atoms with Crippen molar-refractivity contribution in [2.75, 3.05) is 31.9 Å². The predicted octanol–water partition coefficient (Wildman–Crippen LogP) is 3.34. The topological polar surface area (TPSA) is 69.3 Å². The Bertz CT molecular complexity index is 963. The van der Waals surface area contributed by atoms with E-state index >= 15 is 0 Å². The number of nitrogens with one attached hydrogen (secondary N) is 1. The van der Waals surface area contributed by atoms with E-state index in [9.17, 15) is 9.59 Å². The Morgan fingerprint density at radius 3 is 2.38 bits per heavy atom. The summed E-state index contributed by atoms with van der Waals surface area (Å²) < 4.78 is 0. The van der Waals surface area contributed by atoms with Gasteiger partial charge in [-0.25, -0.2) is 4.98 Å². The summed E-state index contributed by atoms with van der Waals surface area (Å²) in [5.74, 6) is 1.45. The second kappa shape index (κ2) is 8.69. The average Bonchev–Trinajstić information content (AvgIpc) is 3.22. The zero-order valence-corrected chi connectivity index (χ0v) is 17.2. The first kappa shape index (κ1) is 19.5. The Morgan fingerprint density at radius 1 is 1.00 bits per heavy atom. The second-order valence-electron chi connectivity index (χ2n) is 7.13. The number of carbonyl (C=O) groups excluding carboxylic acids is 2. The van der Waals surface area contributed by atoms with Crippen molar-refractivity contribution in [3.63, 3.8) is 0 Å². The summed E-state index contributed by atoms with van der Waals surface area (Å²) in [6.07, 6.45) is 0. The Kier molecular flexibility index (Phi) is 5.85. The summed E-state index contributed by atoms with van der Waals surface area (Å²) in [5.41, 5.74) is 2.66. The largest absolute Gasteiger partial charge is 0.341 e. The molecule has 2 aromatic carbocycles. The van der Waals surface area contributed by atoms with Crippen LogP contribution >= 0.6 is 11.8 Å². The van der Waals surface area contributed by atoms with Gasteiger partial charge < -0.3 is 14.8 Å². The molecular weight excluding hydrogens is 384 g/mol. The number of carbonyl (C=O) groups is 2. The number of nitrogens with zero attached hydrogens (tertiary/aromatic N) is 3. The highest BCUT2D eigenvalue weighted by atomic mass is 32.2. The molecule has 1 fully saturated rings. The number of benzene rings is 2. The van der Waals surface area contributed by atoms with Crippen LogP contribution in [0, 0.1) is 0 Å². The summed E-state index contributed by atoms with van der Waals surface area (Å²) >= 11 is 1.58. The quantitative estimate of drug-likeness (QED) is 0.703. The van der Waals surface area contributed by atoms with Crippen molar-refractivity contribution in [2.24, 2.45) is 0 Å². The van der Waals surface area contributed by atoms with Crippen molar-refractivity contribution in [2.45, 2.75) is 12.2 Å². The average molecular weight is 409 g/mol. The van der Waals surface area contributed by atoms with Crippen LogP contribution in [0.2, 0.25) is 0 Å². The third-order valence-corrected chi connectivity index (χ3v) is 6.33. The van der Waals surface area contributed by atoms with Crippen molar-refractivity contribution in [1.82, 2.24) is 19.8 Å². The van der Waals surface area contributed by atoms with Gasteiger partial charge in [-0.2, -0.15) is 0 Å². The molecule has 0 radical (unpaired) electrons. The molecule has 1 aliphatic rings. The number of rotatable bonds is 5. The SMILES string of the molecule is CC(SCC(=O)N1CCN(C(=O)c2ccccc2)CC1)c1nc2ccccc2[nH]1. The highest BCUT2D eigenvalue weighted by molar-refractivity contribution is 8.00. The molecule has 3 aromatic rings. The molecule has 6 nitrogen and oxygen atoms in total. The van der Waals surface area contributed by atoms with E-state index in [1.54, 1.807) is 11.8 Å². The molecule has 2 heterocycles. The molecule has 0 saturated carbocycles. The molecular formula is C22H24N4O2S. The minimum absolute atomic E-state index is 0.0329. The summed E-state index contributed by atoms with van der Waals surface area (Å²) in [7, 11) is 0. The second-order valence-corrected chi connectivity index (χ2v) is 8.46. The monoisotopic (exact) mass is 408 g/mol. The Hall–Kier alpha value is -2.80. The summed E-state index contributed by atoms with van der Waals surface area (Å²) in [4.78, 5) is 36.8. The first-order valence-corrected chi connectivity index (χ1v) is 10.8. The molecule has 7 heteroatoms. The van der Waals surface area contributed by atoms with Crippen molar-refractivity contribution in [3.8, 4) is 0 Å². The molecule has 1 saturated heterocycles. The predicted molar refractivity (Wildman–Crippen MR) is 116 cm³/mol. The van der Waals surface area contributed by atoms with E-state index in [4.69, 9.17) is 0 Å². The van der Waals surface area contributed by atoms with Gasteiger partial charge in [0.15, 0.2) is 0 Å². The molecule has 1 aliphatic heterocycles. The molecule has 4 rings (SSSR count). The molecule has 1 atom stereocenters. The Morgan fingerprint density at radius 2 is 1.66 bits per heavy atom. The summed E-state index contributed by atoms with van der Waals surface area (Å²) in [6, 6.07) is 17.2. The van der Waals surface area contributed by atoms with E-state index in [0.29, 0.717) is 37.5 Å². The lowest BCUT2D eigenvalue weighted by Gasteiger charge is -2.35. The standard InChI is InChI=1S/C22H24N4O2S/c1-16(21-23-18-9-5-6-10-19(18)24-21)29-15-20(27)25-11-13-26(14-12-25)22(28)17-7-3-2-4-8-17/h2-10,16H,11-15H2,1H3,(H,23,24). The first-order valence-electron chi connectivity index (χ1n) is 9.80. The number of para-hydroxylation sites is 2. The number of fused-ring (bicyclic) bond motifs is 1. The third kappa shape index (κ3) is 4.45. The highest BCUT2D eigenvalue weighted by Crippen LogP contribution is 2.28. The molecule has 29 heavy (non-hydrogen) atoms. The van der Waals surface area contributed by atoms with Crippen LogP contribution in [0.25, 0.3) is 11.0 Å². The fourth-order valence-corrected chi connectivity index (χ4v) is 4.30. The number of amides is 2. The lowest BCUT2D eigenvalue weighted by Crippen LogP contribution is -2.51. The number of hydrogen-bond acceptors (Lipinski definition) is 4. The normalized spacial score (nSPS) is 15.5. The van der Waals surface area contributed by atoms with Crippen molar-refractivity contribution >= 4 is 34.6 Å². The smallest absolute Gasteiger partial charge is 0.253 e. The van der Waals surface area contributed by atoms with Crippen LogP contribution in [0.4, 0.5) is 0 Å². The van der Waals surface area contributed by atoms with E-state index in [1.807, 2.05) is 64.4 Å². The van der Waals surface area contributed by atoms with E-state index < -0.39 is 0 Å². The number of aromatic amines is 1. The van der Waals surface area contributed by atoms with Crippen LogP contribution in [-0.2, 0) is 4.79 Å². The van der Waals surface area contributed by atoms with E-state index in [0.717, 1.165) is 16.9 Å². The summed E-state index contributed by atoms with van der Waals surface area (Å²) in [5, 5.41) is 0.104. The number of aromatic nitrogens is 2. The zero-order valence-electron chi connectivity index (χ0n) is 16.4. The number of imidazole rings is 1. The maximum Gasteiger partial charge on any atom is 0.253 e. The molecule has 1 unspecified atom stereocenters. The van der Waals surface area contributed by atoms with Crippen LogP contribution in [0.3, 0.4) is 0 Å². The number of thioether (sulfide) groups is 1. The minimum atomic E-state index is 0.0329. The van der Waals surface area contributed by atoms with Crippen molar-refractivity contribution in [3.05, 3.63) is 66.0 Å². The number of piperazine rings is 1. The zero-order chi connectivity index (χ0) is 20.2. The van der Waals surface area contributed by atoms with Gasteiger partial charge in [0.2, 0.25) is 5.91 Å². The van der Waals surface area contributed by atoms with Crippen molar-refractivity contribution in [1.29, 1.82) is 0 Å². The minimum Gasteiger partial charge on any atom is -0.341 e. The highest BCUT2D eigenvalue weighted by Gasteiger charge is 2.25. The molecule has 1 aromatic heterocycles. The van der Waals surface area contributed by atoms with Crippen molar-refractivity contribution < 1.29 is 9.59 Å². The van der Waals surface area contributed by atoms with Gasteiger partial charge in [-0.15, -0.1) is 11.8 Å². The maximum atomic E-state index is 12.6. The van der Waals surface area contributed by atoms with E-state index in [2.05, 4.69) is 16.9 Å². The van der Waals surface area contributed by atoms with Gasteiger partial charge in [0.25, 0.3) is 5.91 Å². The molecule has 0 spiro atoms. The van der Waals surface area contributed by atoms with Crippen LogP contribution < -0.4 is 0 Å². The van der Waals surface area contributed by atoms with Gasteiger partial charge in [0.1, 0.15) is 5.82 Å². The van der Waals surface area contributed by atoms with Gasteiger partial charge >= 0.3 is 0 Å². The van der Waals surface area contributed by atoms with Crippen LogP contribution in [0.15, 0.2) is 54.6 Å². The number of hydrogen-bond donors (Lipinski definition) is 1.